The van der Waals surface area contributed by atoms with E-state index in [1.807, 2.05) is 26.0 Å². The lowest BCUT2D eigenvalue weighted by atomic mass is 10.0. The van der Waals surface area contributed by atoms with E-state index < -0.39 is 0 Å². The highest BCUT2D eigenvalue weighted by Gasteiger charge is 2.07. The van der Waals surface area contributed by atoms with Crippen LogP contribution in [0.1, 0.15) is 34.0 Å². The number of carbonyl (C=O) groups excluding carboxylic acids is 2. The van der Waals surface area contributed by atoms with E-state index in [-0.39, 0.29) is 11.9 Å². The van der Waals surface area contributed by atoms with Crippen LogP contribution in [0, 0.1) is 13.8 Å². The number of benzene rings is 2. The highest BCUT2D eigenvalue weighted by molar-refractivity contribution is 6.02. The number of carbonyl (C=O) groups is 2. The lowest BCUT2D eigenvalue weighted by molar-refractivity contribution is -0.111. The van der Waals surface area contributed by atoms with Gasteiger partial charge < -0.3 is 14.8 Å². The van der Waals surface area contributed by atoms with Crippen LogP contribution in [0.25, 0.3) is 6.08 Å². The first-order valence-corrected chi connectivity index (χ1v) is 8.36. The molecular formula is C21H23NO4. The number of amides is 1. The van der Waals surface area contributed by atoms with Crippen molar-refractivity contribution in [2.24, 2.45) is 0 Å². The molecule has 0 bridgehead atoms. The summed E-state index contributed by atoms with van der Waals surface area (Å²) in [6, 6.07) is 10.4. The number of anilines is 1. The average molecular weight is 353 g/mol. The Morgan fingerprint density at radius 1 is 1.08 bits per heavy atom. The number of hydrogen-bond acceptors (Lipinski definition) is 4. The topological polar surface area (TPSA) is 64.6 Å². The maximum Gasteiger partial charge on any atom is 0.338 e. The lowest BCUT2D eigenvalue weighted by Gasteiger charge is -2.09. The van der Waals surface area contributed by atoms with Gasteiger partial charge in [-0.25, -0.2) is 4.79 Å². The Morgan fingerprint density at radius 3 is 2.23 bits per heavy atom. The summed E-state index contributed by atoms with van der Waals surface area (Å²) in [7, 11) is 1.63. The molecule has 0 aliphatic rings. The van der Waals surface area contributed by atoms with E-state index in [0.717, 1.165) is 22.4 Å². The summed E-state index contributed by atoms with van der Waals surface area (Å²) >= 11 is 0. The number of nitrogens with one attached hydrogen (secondary N) is 1. The van der Waals surface area contributed by atoms with Gasteiger partial charge in [0.05, 0.1) is 19.3 Å². The van der Waals surface area contributed by atoms with Crippen LogP contribution in [0.4, 0.5) is 5.69 Å². The predicted octanol–water partition coefficient (Wildman–Crippen LogP) is 4.14. The molecule has 0 atom stereocenters. The van der Waals surface area contributed by atoms with Crippen LogP contribution in [-0.2, 0) is 9.53 Å². The van der Waals surface area contributed by atoms with Crippen molar-refractivity contribution in [3.63, 3.8) is 0 Å². The third-order valence-corrected chi connectivity index (χ3v) is 3.87. The zero-order valence-corrected chi connectivity index (χ0v) is 15.5. The summed E-state index contributed by atoms with van der Waals surface area (Å²) in [5.74, 6) is 0.169. The van der Waals surface area contributed by atoms with E-state index in [1.54, 1.807) is 44.4 Å². The van der Waals surface area contributed by atoms with Crippen molar-refractivity contribution in [1.29, 1.82) is 0 Å². The molecule has 1 amide bonds. The van der Waals surface area contributed by atoms with Crippen molar-refractivity contribution >= 4 is 23.6 Å². The molecule has 0 aliphatic carbocycles. The number of hydrogen-bond donors (Lipinski definition) is 1. The Labute approximate surface area is 153 Å². The summed E-state index contributed by atoms with van der Waals surface area (Å²) in [4.78, 5) is 23.8. The monoisotopic (exact) mass is 353 g/mol. The standard InChI is InChI=1S/C21H23NO4/c1-5-26-21(24)16-6-8-17(9-7-16)22-20(23)11-10-19-14(2)12-18(25-4)13-15(19)3/h6-13H,5H2,1-4H3,(H,22,23)/b11-10+. The molecular weight excluding hydrogens is 330 g/mol. The van der Waals surface area contributed by atoms with Gasteiger partial charge in [0.15, 0.2) is 0 Å². The molecule has 0 heterocycles. The number of esters is 1. The van der Waals surface area contributed by atoms with Crippen molar-refractivity contribution < 1.29 is 19.1 Å². The van der Waals surface area contributed by atoms with Crippen molar-refractivity contribution in [2.75, 3.05) is 19.0 Å². The van der Waals surface area contributed by atoms with E-state index in [9.17, 15) is 9.59 Å². The van der Waals surface area contributed by atoms with Gasteiger partial charge in [0.25, 0.3) is 0 Å². The zero-order valence-electron chi connectivity index (χ0n) is 15.5. The molecule has 0 aliphatic heterocycles. The number of methoxy groups -OCH3 is 1. The molecule has 2 rings (SSSR count). The van der Waals surface area contributed by atoms with Crippen LogP contribution in [0.3, 0.4) is 0 Å². The Hall–Kier alpha value is -3.08. The number of ether oxygens (including phenoxy) is 2. The second kappa shape index (κ2) is 8.85. The summed E-state index contributed by atoms with van der Waals surface area (Å²) in [6.45, 7) is 6.03. The Balaban J connectivity index is 2.05. The van der Waals surface area contributed by atoms with Gasteiger partial charge in [0.1, 0.15) is 5.75 Å². The first kappa shape index (κ1) is 19.2. The maximum absolute atomic E-state index is 12.1. The highest BCUT2D eigenvalue weighted by atomic mass is 16.5. The van der Waals surface area contributed by atoms with Gasteiger partial charge in [0, 0.05) is 11.8 Å². The Kier molecular flexibility index (Phi) is 6.55. The Morgan fingerprint density at radius 2 is 1.69 bits per heavy atom. The normalized spacial score (nSPS) is 10.6. The van der Waals surface area contributed by atoms with Crippen LogP contribution in [0.15, 0.2) is 42.5 Å². The maximum atomic E-state index is 12.1. The fourth-order valence-corrected chi connectivity index (χ4v) is 2.56. The third kappa shape index (κ3) is 4.96. The van der Waals surface area contributed by atoms with Gasteiger partial charge >= 0.3 is 5.97 Å². The molecule has 0 unspecified atom stereocenters. The van der Waals surface area contributed by atoms with Crippen LogP contribution >= 0.6 is 0 Å². The van der Waals surface area contributed by atoms with E-state index in [4.69, 9.17) is 9.47 Å². The van der Waals surface area contributed by atoms with Gasteiger partial charge in [0.2, 0.25) is 5.91 Å². The molecule has 0 spiro atoms. The van der Waals surface area contributed by atoms with Crippen LogP contribution in [0.5, 0.6) is 5.75 Å². The van der Waals surface area contributed by atoms with Gasteiger partial charge in [-0.2, -0.15) is 0 Å². The van der Waals surface area contributed by atoms with Gasteiger partial charge in [-0.3, -0.25) is 4.79 Å². The number of aryl methyl sites for hydroxylation is 2. The molecule has 2 aromatic rings. The molecule has 0 saturated heterocycles. The summed E-state index contributed by atoms with van der Waals surface area (Å²) in [5.41, 5.74) is 4.11. The molecule has 5 heteroatoms. The quantitative estimate of drug-likeness (QED) is 0.626. The molecule has 0 aromatic heterocycles. The van der Waals surface area contributed by atoms with Crippen molar-refractivity contribution in [2.45, 2.75) is 20.8 Å². The molecule has 5 nitrogen and oxygen atoms in total. The molecule has 0 radical (unpaired) electrons. The van der Waals surface area contributed by atoms with Gasteiger partial charge in [-0.1, -0.05) is 0 Å². The van der Waals surface area contributed by atoms with E-state index >= 15 is 0 Å². The molecule has 0 saturated carbocycles. The fourth-order valence-electron chi connectivity index (χ4n) is 2.56. The second-order valence-electron chi connectivity index (χ2n) is 5.80. The van der Waals surface area contributed by atoms with Crippen molar-refractivity contribution in [3.05, 3.63) is 64.7 Å². The largest absolute Gasteiger partial charge is 0.497 e. The molecule has 0 fully saturated rings. The smallest absolute Gasteiger partial charge is 0.338 e. The highest BCUT2D eigenvalue weighted by Crippen LogP contribution is 2.22. The van der Waals surface area contributed by atoms with E-state index in [0.29, 0.717) is 17.9 Å². The molecule has 2 aromatic carbocycles. The minimum Gasteiger partial charge on any atom is -0.497 e. The minimum atomic E-state index is -0.379. The SMILES string of the molecule is CCOC(=O)c1ccc(NC(=O)/C=C/c2c(C)cc(OC)cc2C)cc1. The van der Waals surface area contributed by atoms with Crippen LogP contribution in [0.2, 0.25) is 0 Å². The Bertz CT molecular complexity index is 799. The van der Waals surface area contributed by atoms with E-state index in [2.05, 4.69) is 5.32 Å². The van der Waals surface area contributed by atoms with Crippen LogP contribution < -0.4 is 10.1 Å². The molecule has 26 heavy (non-hydrogen) atoms. The van der Waals surface area contributed by atoms with Crippen molar-refractivity contribution in [1.82, 2.24) is 0 Å². The number of rotatable bonds is 6. The third-order valence-electron chi connectivity index (χ3n) is 3.87. The molecule has 136 valence electrons. The molecule has 1 N–H and O–H groups in total. The fraction of sp³-hybridized carbons (Fsp3) is 0.238. The summed E-state index contributed by atoms with van der Waals surface area (Å²) in [5, 5.41) is 2.77. The summed E-state index contributed by atoms with van der Waals surface area (Å²) in [6.07, 6.45) is 3.27. The van der Waals surface area contributed by atoms with Crippen LogP contribution in [-0.4, -0.2) is 25.6 Å². The lowest BCUT2D eigenvalue weighted by Crippen LogP contribution is -2.09. The second-order valence-corrected chi connectivity index (χ2v) is 5.80. The van der Waals surface area contributed by atoms with Gasteiger partial charge in [-0.05, 0) is 79.9 Å². The first-order chi connectivity index (χ1) is 12.4. The minimum absolute atomic E-state index is 0.247. The first-order valence-electron chi connectivity index (χ1n) is 8.36. The summed E-state index contributed by atoms with van der Waals surface area (Å²) < 4.78 is 10.2. The average Bonchev–Trinajstić information content (AvgIpc) is 2.61. The van der Waals surface area contributed by atoms with Gasteiger partial charge in [-0.15, -0.1) is 0 Å². The van der Waals surface area contributed by atoms with Crippen molar-refractivity contribution in [3.8, 4) is 5.75 Å². The predicted molar refractivity (Wildman–Crippen MR) is 103 cm³/mol. The zero-order chi connectivity index (χ0) is 19.1. The van der Waals surface area contributed by atoms with E-state index in [1.165, 1.54) is 6.08 Å².